The standard InChI is InChI=1S/C23H22N6O3/c1-30-18-11-14(12-19(31-2)21(18)32-3)28-23-27-13-16(22(24)29-23)15-7-6-10-26-20(15)17-8-4-5-9-25-17/h4-13H,1-3H3,(H3,24,27,28,29). The van der Waals surface area contributed by atoms with E-state index in [9.17, 15) is 0 Å². The summed E-state index contributed by atoms with van der Waals surface area (Å²) >= 11 is 0. The van der Waals surface area contributed by atoms with E-state index in [1.54, 1.807) is 52.1 Å². The van der Waals surface area contributed by atoms with Crippen LogP contribution in [0.4, 0.5) is 17.5 Å². The summed E-state index contributed by atoms with van der Waals surface area (Å²) in [6.45, 7) is 0. The Balaban J connectivity index is 1.68. The number of nitrogens with two attached hydrogens (primary N) is 1. The molecule has 0 bridgehead atoms. The van der Waals surface area contributed by atoms with E-state index in [4.69, 9.17) is 19.9 Å². The van der Waals surface area contributed by atoms with Gasteiger partial charge in [0, 0.05) is 47.5 Å². The number of anilines is 3. The number of methoxy groups -OCH3 is 3. The Hall–Kier alpha value is -4.40. The molecule has 0 saturated heterocycles. The van der Waals surface area contributed by atoms with E-state index in [-0.39, 0.29) is 0 Å². The number of nitrogens with zero attached hydrogens (tertiary/aromatic N) is 4. The molecule has 162 valence electrons. The highest BCUT2D eigenvalue weighted by Crippen LogP contribution is 2.40. The van der Waals surface area contributed by atoms with Crippen molar-refractivity contribution in [3.8, 4) is 39.8 Å². The molecule has 0 amide bonds. The van der Waals surface area contributed by atoms with Crippen LogP contribution in [-0.4, -0.2) is 41.3 Å². The first-order valence-corrected chi connectivity index (χ1v) is 9.71. The van der Waals surface area contributed by atoms with Crippen LogP contribution in [0.2, 0.25) is 0 Å². The van der Waals surface area contributed by atoms with E-state index in [1.807, 2.05) is 30.3 Å². The fourth-order valence-corrected chi connectivity index (χ4v) is 3.27. The summed E-state index contributed by atoms with van der Waals surface area (Å²) in [5.74, 6) is 2.14. The topological polar surface area (TPSA) is 117 Å². The van der Waals surface area contributed by atoms with Gasteiger partial charge in [-0.25, -0.2) is 4.98 Å². The van der Waals surface area contributed by atoms with Crippen molar-refractivity contribution < 1.29 is 14.2 Å². The highest BCUT2D eigenvalue weighted by molar-refractivity contribution is 5.84. The first kappa shape index (κ1) is 20.9. The van der Waals surface area contributed by atoms with Crippen molar-refractivity contribution in [2.45, 2.75) is 0 Å². The summed E-state index contributed by atoms with van der Waals surface area (Å²) in [6, 6.07) is 12.9. The van der Waals surface area contributed by atoms with E-state index in [2.05, 4.69) is 25.3 Å². The number of hydrogen-bond donors (Lipinski definition) is 2. The zero-order valence-corrected chi connectivity index (χ0v) is 17.9. The summed E-state index contributed by atoms with van der Waals surface area (Å²) in [7, 11) is 4.66. The molecule has 0 radical (unpaired) electrons. The van der Waals surface area contributed by atoms with Crippen LogP contribution in [0.3, 0.4) is 0 Å². The van der Waals surface area contributed by atoms with Gasteiger partial charge in [0.15, 0.2) is 11.5 Å². The minimum absolute atomic E-state index is 0.306. The third-order valence-electron chi connectivity index (χ3n) is 4.74. The average molecular weight is 430 g/mol. The van der Waals surface area contributed by atoms with Gasteiger partial charge in [-0.1, -0.05) is 12.1 Å². The van der Waals surface area contributed by atoms with Crippen LogP contribution in [0.25, 0.3) is 22.5 Å². The maximum absolute atomic E-state index is 6.30. The molecule has 4 aromatic rings. The fraction of sp³-hybridized carbons (Fsp3) is 0.130. The molecule has 1 aromatic carbocycles. The highest BCUT2D eigenvalue weighted by atomic mass is 16.5. The van der Waals surface area contributed by atoms with Crippen LogP contribution in [-0.2, 0) is 0 Å². The predicted molar refractivity (Wildman–Crippen MR) is 122 cm³/mol. The van der Waals surface area contributed by atoms with Crippen molar-refractivity contribution in [2.24, 2.45) is 0 Å². The van der Waals surface area contributed by atoms with Crippen LogP contribution >= 0.6 is 0 Å². The third kappa shape index (κ3) is 4.08. The van der Waals surface area contributed by atoms with Gasteiger partial charge in [-0.3, -0.25) is 9.97 Å². The van der Waals surface area contributed by atoms with Gasteiger partial charge in [-0.05, 0) is 18.2 Å². The number of nitrogen functional groups attached to an aromatic ring is 1. The number of nitrogens with one attached hydrogen (secondary N) is 1. The smallest absolute Gasteiger partial charge is 0.229 e. The first-order chi connectivity index (χ1) is 15.6. The van der Waals surface area contributed by atoms with Gasteiger partial charge in [0.25, 0.3) is 0 Å². The van der Waals surface area contributed by atoms with Gasteiger partial charge >= 0.3 is 0 Å². The molecule has 3 heterocycles. The lowest BCUT2D eigenvalue weighted by Crippen LogP contribution is -2.04. The molecule has 0 aliphatic carbocycles. The maximum Gasteiger partial charge on any atom is 0.229 e. The van der Waals surface area contributed by atoms with Crippen molar-refractivity contribution in [1.29, 1.82) is 0 Å². The van der Waals surface area contributed by atoms with Crippen molar-refractivity contribution in [2.75, 3.05) is 32.4 Å². The zero-order chi connectivity index (χ0) is 22.5. The molecule has 9 nitrogen and oxygen atoms in total. The molecule has 32 heavy (non-hydrogen) atoms. The molecule has 0 aliphatic heterocycles. The molecule has 0 spiro atoms. The Labute approximate surface area is 185 Å². The van der Waals surface area contributed by atoms with Crippen molar-refractivity contribution >= 4 is 17.5 Å². The van der Waals surface area contributed by atoms with E-state index in [0.29, 0.717) is 46.0 Å². The second kappa shape index (κ2) is 9.17. The van der Waals surface area contributed by atoms with Gasteiger partial charge in [0.1, 0.15) is 5.82 Å². The molecule has 0 fully saturated rings. The molecular weight excluding hydrogens is 408 g/mol. The lowest BCUT2D eigenvalue weighted by molar-refractivity contribution is 0.324. The number of rotatable bonds is 7. The average Bonchev–Trinajstić information content (AvgIpc) is 2.84. The van der Waals surface area contributed by atoms with Crippen molar-refractivity contribution in [3.05, 3.63) is 61.1 Å². The lowest BCUT2D eigenvalue weighted by atomic mass is 10.0. The maximum atomic E-state index is 6.30. The minimum atomic E-state index is 0.306. The van der Waals surface area contributed by atoms with E-state index >= 15 is 0 Å². The first-order valence-electron chi connectivity index (χ1n) is 9.71. The molecule has 4 rings (SSSR count). The summed E-state index contributed by atoms with van der Waals surface area (Å²) < 4.78 is 16.1. The van der Waals surface area contributed by atoms with E-state index < -0.39 is 0 Å². The van der Waals surface area contributed by atoms with Crippen molar-refractivity contribution in [3.63, 3.8) is 0 Å². The normalized spacial score (nSPS) is 10.5. The number of hydrogen-bond acceptors (Lipinski definition) is 9. The SMILES string of the molecule is COc1cc(Nc2ncc(-c3cccnc3-c3ccccn3)c(N)n2)cc(OC)c1OC. The van der Waals surface area contributed by atoms with Gasteiger partial charge in [-0.15, -0.1) is 0 Å². The molecule has 3 aromatic heterocycles. The summed E-state index contributed by atoms with van der Waals surface area (Å²) in [4.78, 5) is 17.7. The highest BCUT2D eigenvalue weighted by Gasteiger charge is 2.16. The third-order valence-corrected chi connectivity index (χ3v) is 4.74. The van der Waals surface area contributed by atoms with Crippen LogP contribution in [0.1, 0.15) is 0 Å². The number of aromatic nitrogens is 4. The van der Waals surface area contributed by atoms with Crippen LogP contribution in [0, 0.1) is 0 Å². The Morgan fingerprint density at radius 2 is 1.56 bits per heavy atom. The lowest BCUT2D eigenvalue weighted by Gasteiger charge is -2.15. The van der Waals surface area contributed by atoms with Crippen LogP contribution < -0.4 is 25.3 Å². The number of ether oxygens (including phenoxy) is 3. The van der Waals surface area contributed by atoms with Gasteiger partial charge in [0.05, 0.1) is 32.7 Å². The second-order valence-corrected chi connectivity index (χ2v) is 6.65. The molecule has 0 aliphatic rings. The van der Waals surface area contributed by atoms with Gasteiger partial charge < -0.3 is 25.3 Å². The second-order valence-electron chi connectivity index (χ2n) is 6.65. The summed E-state index contributed by atoms with van der Waals surface area (Å²) in [5.41, 5.74) is 9.85. The zero-order valence-electron chi connectivity index (χ0n) is 17.9. The molecule has 0 atom stereocenters. The molecule has 9 heteroatoms. The number of benzene rings is 1. The Morgan fingerprint density at radius 3 is 2.19 bits per heavy atom. The van der Waals surface area contributed by atoms with E-state index in [1.165, 1.54) is 0 Å². The van der Waals surface area contributed by atoms with Gasteiger partial charge in [0.2, 0.25) is 11.7 Å². The molecular formula is C23H22N6O3. The molecule has 0 saturated carbocycles. The number of pyridine rings is 2. The Morgan fingerprint density at radius 1 is 0.812 bits per heavy atom. The van der Waals surface area contributed by atoms with Crippen molar-refractivity contribution in [1.82, 2.24) is 19.9 Å². The Kier molecular flexibility index (Phi) is 5.98. The molecule has 3 N–H and O–H groups in total. The largest absolute Gasteiger partial charge is 0.493 e. The molecule has 0 unspecified atom stereocenters. The summed E-state index contributed by atoms with van der Waals surface area (Å²) in [5, 5.41) is 3.12. The monoisotopic (exact) mass is 430 g/mol. The quantitative estimate of drug-likeness (QED) is 0.449. The predicted octanol–water partition coefficient (Wildman–Crippen LogP) is 3.95. The Bertz CT molecular complexity index is 1210. The van der Waals surface area contributed by atoms with Crippen LogP contribution in [0.5, 0.6) is 17.2 Å². The minimum Gasteiger partial charge on any atom is -0.493 e. The van der Waals surface area contributed by atoms with Crippen LogP contribution in [0.15, 0.2) is 61.1 Å². The van der Waals surface area contributed by atoms with E-state index in [0.717, 1.165) is 11.3 Å². The van der Waals surface area contributed by atoms with Gasteiger partial charge in [-0.2, -0.15) is 4.98 Å². The summed E-state index contributed by atoms with van der Waals surface area (Å²) in [6.07, 6.45) is 5.09. The fourth-order valence-electron chi connectivity index (χ4n) is 3.27.